The third kappa shape index (κ3) is 3.13. The number of hydrogen-bond acceptors (Lipinski definition) is 6. The summed E-state index contributed by atoms with van der Waals surface area (Å²) in [5.74, 6) is 1.26. The summed E-state index contributed by atoms with van der Waals surface area (Å²) >= 11 is 0. The van der Waals surface area contributed by atoms with Crippen LogP contribution < -0.4 is 9.47 Å². The van der Waals surface area contributed by atoms with Gasteiger partial charge < -0.3 is 14.2 Å². The minimum Gasteiger partial charge on any atom is -0.497 e. The van der Waals surface area contributed by atoms with Crippen LogP contribution >= 0.6 is 0 Å². The molecule has 0 atom stereocenters. The third-order valence-corrected chi connectivity index (χ3v) is 2.83. The van der Waals surface area contributed by atoms with Crippen molar-refractivity contribution in [2.24, 2.45) is 7.05 Å². The van der Waals surface area contributed by atoms with Gasteiger partial charge in [0.15, 0.2) is 5.82 Å². The van der Waals surface area contributed by atoms with Crippen LogP contribution in [0.2, 0.25) is 0 Å². The van der Waals surface area contributed by atoms with E-state index in [0.717, 1.165) is 5.56 Å². The van der Waals surface area contributed by atoms with Crippen LogP contribution in [0.3, 0.4) is 0 Å². The molecule has 1 heterocycles. The van der Waals surface area contributed by atoms with Crippen LogP contribution in [-0.2, 0) is 11.8 Å². The summed E-state index contributed by atoms with van der Waals surface area (Å²) in [6, 6.07) is 5.34. The quantitative estimate of drug-likeness (QED) is 0.780. The van der Waals surface area contributed by atoms with E-state index in [9.17, 15) is 4.79 Å². The van der Waals surface area contributed by atoms with E-state index in [0.29, 0.717) is 17.3 Å². The third-order valence-electron chi connectivity index (χ3n) is 2.83. The Morgan fingerprint density at radius 1 is 1.19 bits per heavy atom. The number of carbonyl (C=O) groups is 1. The maximum absolute atomic E-state index is 11.7. The highest BCUT2D eigenvalue weighted by Crippen LogP contribution is 2.28. The molecule has 0 aliphatic heterocycles. The van der Waals surface area contributed by atoms with Gasteiger partial charge >= 0.3 is 5.97 Å². The van der Waals surface area contributed by atoms with Gasteiger partial charge in [-0.1, -0.05) is 0 Å². The van der Waals surface area contributed by atoms with E-state index in [2.05, 4.69) is 10.1 Å². The minimum atomic E-state index is -0.547. The van der Waals surface area contributed by atoms with Gasteiger partial charge in [0, 0.05) is 18.7 Å². The van der Waals surface area contributed by atoms with Crippen LogP contribution in [0.15, 0.2) is 18.2 Å². The second kappa shape index (κ2) is 6.25. The Kier molecular flexibility index (Phi) is 4.42. The fourth-order valence-corrected chi connectivity index (χ4v) is 1.85. The molecule has 2 aromatic rings. The molecule has 1 aromatic carbocycles. The molecule has 21 heavy (non-hydrogen) atoms. The lowest BCUT2D eigenvalue weighted by molar-refractivity contribution is 0.0512. The summed E-state index contributed by atoms with van der Waals surface area (Å²) in [4.78, 5) is 15.9. The average molecular weight is 291 g/mol. The summed E-state index contributed by atoms with van der Waals surface area (Å²) in [6.45, 7) is 2.01. The fraction of sp³-hybridized carbons (Fsp3) is 0.357. The number of benzene rings is 1. The molecule has 0 amide bonds. The maximum atomic E-state index is 11.7. The molecule has 0 saturated carbocycles. The number of carbonyl (C=O) groups excluding carboxylic acids is 1. The van der Waals surface area contributed by atoms with E-state index in [4.69, 9.17) is 14.2 Å². The van der Waals surface area contributed by atoms with Crippen molar-refractivity contribution in [3.8, 4) is 22.9 Å². The Balaban J connectivity index is 2.44. The van der Waals surface area contributed by atoms with Crippen LogP contribution in [-0.4, -0.2) is 41.6 Å². The molecule has 0 N–H and O–H groups in total. The summed E-state index contributed by atoms with van der Waals surface area (Å²) in [6.07, 6.45) is 0. The molecular formula is C14H17N3O4. The summed E-state index contributed by atoms with van der Waals surface area (Å²) in [7, 11) is 4.84. The molecule has 2 rings (SSSR count). The molecule has 112 valence electrons. The minimum absolute atomic E-state index is 0.0242. The van der Waals surface area contributed by atoms with E-state index in [1.807, 2.05) is 0 Å². The number of hydrogen-bond donors (Lipinski definition) is 0. The zero-order valence-corrected chi connectivity index (χ0v) is 12.4. The topological polar surface area (TPSA) is 75.5 Å². The van der Waals surface area contributed by atoms with E-state index in [-0.39, 0.29) is 12.4 Å². The van der Waals surface area contributed by atoms with Gasteiger partial charge in [-0.15, -0.1) is 5.10 Å². The zero-order chi connectivity index (χ0) is 15.4. The Bertz CT molecular complexity index is 629. The predicted molar refractivity (Wildman–Crippen MR) is 75.5 cm³/mol. The Hall–Kier alpha value is -2.57. The van der Waals surface area contributed by atoms with Gasteiger partial charge in [-0.25, -0.2) is 14.5 Å². The lowest BCUT2D eigenvalue weighted by atomic mass is 10.2. The highest BCUT2D eigenvalue weighted by molar-refractivity contribution is 5.85. The van der Waals surface area contributed by atoms with E-state index < -0.39 is 5.97 Å². The van der Waals surface area contributed by atoms with E-state index in [1.165, 1.54) is 4.68 Å². The standard InChI is InChI=1S/C14H17N3O4/c1-5-21-14(18)12-15-13(17(2)16-12)9-6-10(19-3)8-11(7-9)20-4/h6-8H,5H2,1-4H3. The van der Waals surface area contributed by atoms with Gasteiger partial charge in [0.05, 0.1) is 20.8 Å². The molecule has 0 bridgehead atoms. The van der Waals surface area contributed by atoms with Gasteiger partial charge in [0.25, 0.3) is 5.82 Å². The van der Waals surface area contributed by atoms with Crippen molar-refractivity contribution in [1.82, 2.24) is 14.8 Å². The second-order valence-corrected chi connectivity index (χ2v) is 4.20. The monoisotopic (exact) mass is 291 g/mol. The van der Waals surface area contributed by atoms with Gasteiger partial charge in [-0.2, -0.15) is 0 Å². The highest BCUT2D eigenvalue weighted by atomic mass is 16.5. The molecule has 0 aliphatic carbocycles. The van der Waals surface area contributed by atoms with Crippen molar-refractivity contribution in [3.63, 3.8) is 0 Å². The predicted octanol–water partition coefficient (Wildman–Crippen LogP) is 1.68. The first kappa shape index (κ1) is 14.8. The van der Waals surface area contributed by atoms with Crippen LogP contribution in [0, 0.1) is 0 Å². The van der Waals surface area contributed by atoms with Crippen LogP contribution in [0.25, 0.3) is 11.4 Å². The molecule has 0 aliphatic rings. The van der Waals surface area contributed by atoms with E-state index >= 15 is 0 Å². The van der Waals surface area contributed by atoms with Crippen molar-refractivity contribution < 1.29 is 19.0 Å². The fourth-order valence-electron chi connectivity index (χ4n) is 1.85. The molecule has 7 nitrogen and oxygen atoms in total. The number of esters is 1. The SMILES string of the molecule is CCOC(=O)c1nc(-c2cc(OC)cc(OC)c2)n(C)n1. The van der Waals surface area contributed by atoms with Gasteiger partial charge in [0.1, 0.15) is 11.5 Å². The summed E-state index contributed by atoms with van der Waals surface area (Å²) < 4.78 is 16.9. The molecule has 0 spiro atoms. The van der Waals surface area contributed by atoms with Crippen molar-refractivity contribution in [3.05, 3.63) is 24.0 Å². The average Bonchev–Trinajstić information content (AvgIpc) is 2.89. The Morgan fingerprint density at radius 2 is 1.81 bits per heavy atom. The highest BCUT2D eigenvalue weighted by Gasteiger charge is 2.17. The number of ether oxygens (including phenoxy) is 3. The van der Waals surface area contributed by atoms with Crippen molar-refractivity contribution in [1.29, 1.82) is 0 Å². The summed E-state index contributed by atoms with van der Waals surface area (Å²) in [5.41, 5.74) is 0.733. The number of aromatic nitrogens is 3. The molecule has 0 unspecified atom stereocenters. The lowest BCUT2D eigenvalue weighted by Gasteiger charge is -2.07. The smallest absolute Gasteiger partial charge is 0.378 e. The molecular weight excluding hydrogens is 274 g/mol. The maximum Gasteiger partial charge on any atom is 0.378 e. The van der Waals surface area contributed by atoms with Crippen LogP contribution in [0.4, 0.5) is 0 Å². The van der Waals surface area contributed by atoms with Crippen molar-refractivity contribution in [2.75, 3.05) is 20.8 Å². The van der Waals surface area contributed by atoms with Gasteiger partial charge in [-0.05, 0) is 19.1 Å². The normalized spacial score (nSPS) is 10.3. The van der Waals surface area contributed by atoms with Crippen LogP contribution in [0.1, 0.15) is 17.5 Å². The van der Waals surface area contributed by atoms with Gasteiger partial charge in [0.2, 0.25) is 0 Å². The Labute approximate surface area is 122 Å². The molecule has 0 saturated heterocycles. The first-order chi connectivity index (χ1) is 10.1. The number of rotatable bonds is 5. The largest absolute Gasteiger partial charge is 0.497 e. The van der Waals surface area contributed by atoms with Gasteiger partial charge in [-0.3, -0.25) is 0 Å². The van der Waals surface area contributed by atoms with Crippen LogP contribution in [0.5, 0.6) is 11.5 Å². The van der Waals surface area contributed by atoms with Crippen molar-refractivity contribution >= 4 is 5.97 Å². The number of nitrogens with zero attached hydrogens (tertiary/aromatic N) is 3. The number of methoxy groups -OCH3 is 2. The summed E-state index contributed by atoms with van der Waals surface area (Å²) in [5, 5.41) is 4.07. The molecule has 7 heteroatoms. The second-order valence-electron chi connectivity index (χ2n) is 4.20. The van der Waals surface area contributed by atoms with Crippen molar-refractivity contribution in [2.45, 2.75) is 6.92 Å². The molecule has 0 fully saturated rings. The first-order valence-corrected chi connectivity index (χ1v) is 6.40. The number of aryl methyl sites for hydroxylation is 1. The Morgan fingerprint density at radius 3 is 2.33 bits per heavy atom. The zero-order valence-electron chi connectivity index (χ0n) is 12.4. The first-order valence-electron chi connectivity index (χ1n) is 6.40. The molecule has 0 radical (unpaired) electrons. The van der Waals surface area contributed by atoms with E-state index in [1.54, 1.807) is 46.4 Å². The lowest BCUT2D eigenvalue weighted by Crippen LogP contribution is -2.07. The molecule has 1 aromatic heterocycles.